The Morgan fingerprint density at radius 1 is 0.280 bits per heavy atom. The van der Waals surface area contributed by atoms with E-state index in [-0.39, 0.29) is 31.1 Å². The van der Waals surface area contributed by atoms with Crippen molar-refractivity contribution in [1.29, 1.82) is 0 Å². The second-order valence-corrected chi connectivity index (χ2v) is 20.9. The van der Waals surface area contributed by atoms with E-state index in [0.29, 0.717) is 19.3 Å². The molecule has 0 aromatic carbocycles. The van der Waals surface area contributed by atoms with Gasteiger partial charge in [0.1, 0.15) is 13.2 Å². The monoisotopic (exact) mass is 1040 g/mol. The van der Waals surface area contributed by atoms with Gasteiger partial charge in [0.2, 0.25) is 0 Å². The molecular weight excluding hydrogens is 925 g/mol. The van der Waals surface area contributed by atoms with Crippen molar-refractivity contribution >= 4 is 17.9 Å². The number of esters is 3. The molecule has 6 nitrogen and oxygen atoms in total. The fourth-order valence-corrected chi connectivity index (χ4v) is 8.79. The Kier molecular flexibility index (Phi) is 59.8. The summed E-state index contributed by atoms with van der Waals surface area (Å²) >= 11 is 0. The molecule has 6 heteroatoms. The van der Waals surface area contributed by atoms with Gasteiger partial charge in [0.25, 0.3) is 0 Å². The first-order valence-electron chi connectivity index (χ1n) is 31.7. The van der Waals surface area contributed by atoms with Gasteiger partial charge in [-0.2, -0.15) is 0 Å². The van der Waals surface area contributed by atoms with E-state index in [2.05, 4.69) is 118 Å². The number of allylic oxidation sites excluding steroid dienone is 16. The van der Waals surface area contributed by atoms with Crippen LogP contribution in [0.3, 0.4) is 0 Å². The maximum atomic E-state index is 12.9. The van der Waals surface area contributed by atoms with Crippen LogP contribution in [0.15, 0.2) is 97.2 Å². The molecule has 0 aliphatic carbocycles. The van der Waals surface area contributed by atoms with Gasteiger partial charge in [-0.25, -0.2) is 0 Å². The third kappa shape index (κ3) is 61.1. The van der Waals surface area contributed by atoms with Crippen molar-refractivity contribution in [2.75, 3.05) is 13.2 Å². The van der Waals surface area contributed by atoms with Gasteiger partial charge in [0.15, 0.2) is 6.10 Å². The summed E-state index contributed by atoms with van der Waals surface area (Å²) < 4.78 is 16.9. The Morgan fingerprint density at radius 3 is 0.853 bits per heavy atom. The zero-order valence-corrected chi connectivity index (χ0v) is 49.3. The summed E-state index contributed by atoms with van der Waals surface area (Å²) in [7, 11) is 0. The molecule has 1 unspecified atom stereocenters. The summed E-state index contributed by atoms with van der Waals surface area (Å²) in [6, 6.07) is 0. The molecule has 75 heavy (non-hydrogen) atoms. The molecule has 0 aliphatic heterocycles. The number of unbranched alkanes of at least 4 members (excludes halogenated alkanes) is 30. The van der Waals surface area contributed by atoms with E-state index < -0.39 is 6.10 Å². The van der Waals surface area contributed by atoms with E-state index in [9.17, 15) is 14.4 Å². The lowest BCUT2D eigenvalue weighted by molar-refractivity contribution is -0.167. The first kappa shape index (κ1) is 71.3. The smallest absolute Gasteiger partial charge is 0.306 e. The summed E-state index contributed by atoms with van der Waals surface area (Å²) in [5.74, 6) is -0.898. The molecule has 0 aromatic rings. The Labute approximate surface area is 464 Å². The van der Waals surface area contributed by atoms with Gasteiger partial charge in [-0.1, -0.05) is 259 Å². The second kappa shape index (κ2) is 62.9. The predicted octanol–water partition coefficient (Wildman–Crippen LogP) is 21.7. The van der Waals surface area contributed by atoms with Gasteiger partial charge < -0.3 is 14.2 Å². The summed E-state index contributed by atoms with van der Waals surface area (Å²) in [6.07, 6.45) is 84.1. The molecule has 0 radical (unpaired) electrons. The van der Waals surface area contributed by atoms with E-state index in [1.165, 1.54) is 154 Å². The Balaban J connectivity index is 4.32. The normalized spacial score (nSPS) is 12.7. The predicted molar refractivity (Wildman–Crippen MR) is 325 cm³/mol. The van der Waals surface area contributed by atoms with Crippen molar-refractivity contribution in [2.45, 2.75) is 309 Å². The van der Waals surface area contributed by atoms with Crippen LogP contribution in [0.4, 0.5) is 0 Å². The topological polar surface area (TPSA) is 78.9 Å². The highest BCUT2D eigenvalue weighted by Crippen LogP contribution is 2.15. The summed E-state index contributed by atoms with van der Waals surface area (Å²) in [6.45, 7) is 6.50. The van der Waals surface area contributed by atoms with Crippen LogP contribution in [-0.4, -0.2) is 37.2 Å². The molecule has 1 atom stereocenters. The number of carbonyl (C=O) groups is 3. The van der Waals surface area contributed by atoms with Crippen molar-refractivity contribution in [3.05, 3.63) is 97.2 Å². The third-order valence-electron chi connectivity index (χ3n) is 13.5. The van der Waals surface area contributed by atoms with Crippen LogP contribution >= 0.6 is 0 Å². The highest BCUT2D eigenvalue weighted by Gasteiger charge is 2.19. The van der Waals surface area contributed by atoms with Gasteiger partial charge in [-0.3, -0.25) is 14.4 Å². The van der Waals surface area contributed by atoms with Crippen molar-refractivity contribution in [1.82, 2.24) is 0 Å². The minimum atomic E-state index is -0.788. The van der Waals surface area contributed by atoms with E-state index in [1.54, 1.807) is 0 Å². The largest absolute Gasteiger partial charge is 0.462 e. The lowest BCUT2D eigenvalue weighted by Crippen LogP contribution is -2.30. The lowest BCUT2D eigenvalue weighted by atomic mass is 10.1. The molecule has 0 saturated carbocycles. The molecule has 0 rings (SSSR count). The Morgan fingerprint density at radius 2 is 0.520 bits per heavy atom. The fraction of sp³-hybridized carbons (Fsp3) is 0.725. The van der Waals surface area contributed by atoms with Crippen molar-refractivity contribution in [3.8, 4) is 0 Å². The minimum Gasteiger partial charge on any atom is -0.462 e. The van der Waals surface area contributed by atoms with Crippen LogP contribution < -0.4 is 0 Å². The first-order chi connectivity index (χ1) is 37.0. The van der Waals surface area contributed by atoms with E-state index in [0.717, 1.165) is 109 Å². The molecule has 0 saturated heterocycles. The quantitative estimate of drug-likeness (QED) is 0.0261. The fourth-order valence-electron chi connectivity index (χ4n) is 8.79. The standard InChI is InChI=1S/C69H118O6/c1-4-7-10-13-16-19-22-25-27-29-31-32-33-34-35-36-37-38-39-41-42-44-47-50-53-56-59-62-68(71)74-65-66(64-73-67(70)61-58-55-52-49-46-24-21-18-15-12-9-6-3)75-69(72)63-60-57-54-51-48-45-43-40-30-28-26-23-20-17-14-11-8-5-2/h7,10,16,18-19,21,25,27-28,30-32,34-35,37-38,66H,4-6,8-9,11-15,17,20,22-24,26,29,33,36,39-65H2,1-3H3/b10-7-,19-16-,21-18-,27-25-,30-28-,32-31-,35-34-,38-37-. The summed E-state index contributed by atoms with van der Waals surface area (Å²) in [4.78, 5) is 38.3. The molecule has 0 spiro atoms. The van der Waals surface area contributed by atoms with E-state index in [1.807, 2.05) is 0 Å². The summed E-state index contributed by atoms with van der Waals surface area (Å²) in [5, 5.41) is 0. The van der Waals surface area contributed by atoms with Crippen LogP contribution in [0, 0.1) is 0 Å². The van der Waals surface area contributed by atoms with E-state index >= 15 is 0 Å². The molecule has 0 fully saturated rings. The molecule has 0 amide bonds. The average molecular weight is 1040 g/mol. The van der Waals surface area contributed by atoms with Gasteiger partial charge in [0, 0.05) is 19.3 Å². The average Bonchev–Trinajstić information content (AvgIpc) is 3.41. The van der Waals surface area contributed by atoms with Crippen LogP contribution in [0.5, 0.6) is 0 Å². The molecular formula is C69H118O6. The third-order valence-corrected chi connectivity index (χ3v) is 13.5. The number of carbonyl (C=O) groups excluding carboxylic acids is 3. The highest BCUT2D eigenvalue weighted by atomic mass is 16.6. The van der Waals surface area contributed by atoms with Crippen molar-refractivity contribution in [3.63, 3.8) is 0 Å². The zero-order chi connectivity index (χ0) is 54.3. The van der Waals surface area contributed by atoms with Gasteiger partial charge in [-0.05, 0) is 122 Å². The molecule has 0 bridgehead atoms. The maximum absolute atomic E-state index is 12.9. The second-order valence-electron chi connectivity index (χ2n) is 20.9. The zero-order valence-electron chi connectivity index (χ0n) is 49.3. The maximum Gasteiger partial charge on any atom is 0.306 e. The number of ether oxygens (including phenoxy) is 3. The minimum absolute atomic E-state index is 0.0852. The number of hydrogen-bond donors (Lipinski definition) is 0. The van der Waals surface area contributed by atoms with E-state index in [4.69, 9.17) is 14.2 Å². The van der Waals surface area contributed by atoms with Crippen molar-refractivity contribution < 1.29 is 28.6 Å². The lowest BCUT2D eigenvalue weighted by Gasteiger charge is -2.18. The van der Waals surface area contributed by atoms with Gasteiger partial charge >= 0.3 is 17.9 Å². The summed E-state index contributed by atoms with van der Waals surface area (Å²) in [5.41, 5.74) is 0. The van der Waals surface area contributed by atoms with Crippen LogP contribution in [0.1, 0.15) is 303 Å². The van der Waals surface area contributed by atoms with Crippen LogP contribution in [0.2, 0.25) is 0 Å². The van der Waals surface area contributed by atoms with Crippen LogP contribution in [0.25, 0.3) is 0 Å². The van der Waals surface area contributed by atoms with Crippen molar-refractivity contribution in [2.24, 2.45) is 0 Å². The van der Waals surface area contributed by atoms with Crippen LogP contribution in [-0.2, 0) is 28.6 Å². The number of rotatable bonds is 57. The molecule has 430 valence electrons. The van der Waals surface area contributed by atoms with Gasteiger partial charge in [0.05, 0.1) is 0 Å². The molecule has 0 aromatic heterocycles. The highest BCUT2D eigenvalue weighted by molar-refractivity contribution is 5.71. The first-order valence-corrected chi connectivity index (χ1v) is 31.7. The van der Waals surface area contributed by atoms with Gasteiger partial charge in [-0.15, -0.1) is 0 Å². The molecule has 0 aliphatic rings. The molecule has 0 heterocycles. The Hall–Kier alpha value is -3.67. The Bertz CT molecular complexity index is 1480. The molecule has 0 N–H and O–H groups in total. The number of hydrogen-bond acceptors (Lipinski definition) is 6. The SMILES string of the molecule is CC/C=C\C/C=C\C/C=C\C/C=C\C/C=C\C/C=C\CCCCCCCCCCC(=O)OCC(COC(=O)CCCCCCC/C=C\CCCCC)OC(=O)CCCCCCCCC/C=C\CCCCCCCCC.